The smallest absolute Gasteiger partial charge is 0.229 e. The molecule has 0 spiro atoms. The molecule has 1 aliphatic rings. The molecule has 1 heterocycles. The van der Waals surface area contributed by atoms with Crippen LogP contribution in [-0.2, 0) is 19.8 Å². The van der Waals surface area contributed by atoms with Gasteiger partial charge in [-0.3, -0.25) is 19.4 Å². The van der Waals surface area contributed by atoms with Gasteiger partial charge in [0.1, 0.15) is 17.3 Å². The summed E-state index contributed by atoms with van der Waals surface area (Å²) in [6.45, 7) is 3.77. The molecule has 152 valence electrons. The Balaban J connectivity index is 2.12. The van der Waals surface area contributed by atoms with E-state index in [1.165, 1.54) is 0 Å². The highest BCUT2D eigenvalue weighted by Crippen LogP contribution is 2.47. The maximum absolute atomic E-state index is 13.1. The molecular weight excluding hydrogens is 368 g/mol. The topological polar surface area (TPSA) is 99.3 Å². The van der Waals surface area contributed by atoms with E-state index in [1.54, 1.807) is 49.8 Å². The number of hydrogen-bond acceptors (Lipinski definition) is 5. The van der Waals surface area contributed by atoms with Crippen molar-refractivity contribution in [3.05, 3.63) is 59.9 Å². The Labute approximate surface area is 170 Å². The third kappa shape index (κ3) is 3.55. The zero-order valence-corrected chi connectivity index (χ0v) is 16.9. The van der Waals surface area contributed by atoms with Crippen molar-refractivity contribution in [2.75, 3.05) is 7.11 Å². The minimum Gasteiger partial charge on any atom is -0.497 e. The van der Waals surface area contributed by atoms with Crippen LogP contribution in [0.4, 0.5) is 0 Å². The number of carbonyl (C=O) groups excluding carboxylic acids is 3. The number of ketones is 2. The average Bonchev–Trinajstić information content (AvgIpc) is 2.70. The average molecular weight is 394 g/mol. The van der Waals surface area contributed by atoms with E-state index in [4.69, 9.17) is 10.5 Å². The minimum absolute atomic E-state index is 0.142. The second-order valence-electron chi connectivity index (χ2n) is 7.85. The Morgan fingerprint density at radius 3 is 2.38 bits per heavy atom. The lowest BCUT2D eigenvalue weighted by molar-refractivity contribution is -0.142. The van der Waals surface area contributed by atoms with Crippen LogP contribution in [0.15, 0.2) is 48.8 Å². The van der Waals surface area contributed by atoms with Gasteiger partial charge in [-0.25, -0.2) is 0 Å². The first kappa shape index (κ1) is 20.7. The summed E-state index contributed by atoms with van der Waals surface area (Å²) in [4.78, 5) is 42.8. The van der Waals surface area contributed by atoms with Crippen molar-refractivity contribution >= 4 is 17.5 Å². The molecule has 0 aliphatic heterocycles. The van der Waals surface area contributed by atoms with Crippen molar-refractivity contribution in [3.8, 4) is 5.75 Å². The lowest BCUT2D eigenvalue weighted by Gasteiger charge is -2.44. The molecule has 3 unspecified atom stereocenters. The number of ether oxygens (including phenoxy) is 1. The number of rotatable bonds is 6. The van der Waals surface area contributed by atoms with Gasteiger partial charge < -0.3 is 10.5 Å². The van der Waals surface area contributed by atoms with Crippen molar-refractivity contribution in [1.29, 1.82) is 0 Å². The highest BCUT2D eigenvalue weighted by atomic mass is 16.5. The van der Waals surface area contributed by atoms with Crippen molar-refractivity contribution in [2.24, 2.45) is 17.6 Å². The van der Waals surface area contributed by atoms with Gasteiger partial charge in [-0.15, -0.1) is 0 Å². The van der Waals surface area contributed by atoms with Crippen LogP contribution in [0.25, 0.3) is 0 Å². The van der Waals surface area contributed by atoms with Crippen LogP contribution in [-0.4, -0.2) is 29.6 Å². The fourth-order valence-electron chi connectivity index (χ4n) is 4.66. The first-order valence-electron chi connectivity index (χ1n) is 9.72. The van der Waals surface area contributed by atoms with E-state index in [-0.39, 0.29) is 30.3 Å². The summed E-state index contributed by atoms with van der Waals surface area (Å²) in [7, 11) is 1.56. The van der Waals surface area contributed by atoms with Gasteiger partial charge in [0.2, 0.25) is 5.91 Å². The third-order valence-electron chi connectivity index (χ3n) is 6.12. The molecule has 0 radical (unpaired) electrons. The predicted molar refractivity (Wildman–Crippen MR) is 108 cm³/mol. The normalized spacial score (nSPS) is 21.7. The molecule has 29 heavy (non-hydrogen) atoms. The Hall–Kier alpha value is -3.02. The minimum atomic E-state index is -1.22. The van der Waals surface area contributed by atoms with Gasteiger partial charge in [-0.1, -0.05) is 32.0 Å². The number of carbonyl (C=O) groups is 3. The standard InChI is InChI=1S/C23H26N2O4/c1-14(2)23(22(24)28,16-6-8-17(29-3)9-7-16)19-11-18(20(26)12-21(19)27)15-5-4-10-25-13-15/h4-10,13-14,18-19H,11-12H2,1-3H3,(H2,24,28). The molecule has 3 rings (SSSR count). The molecule has 1 aromatic carbocycles. The molecular formula is C23H26N2O4. The van der Waals surface area contributed by atoms with Gasteiger partial charge >= 0.3 is 0 Å². The fourth-order valence-corrected chi connectivity index (χ4v) is 4.66. The van der Waals surface area contributed by atoms with Crippen LogP contribution in [0.5, 0.6) is 5.75 Å². The van der Waals surface area contributed by atoms with Gasteiger partial charge in [0.15, 0.2) is 0 Å². The number of nitrogens with zero attached hydrogens (tertiary/aromatic N) is 1. The second kappa shape index (κ2) is 8.15. The summed E-state index contributed by atoms with van der Waals surface area (Å²) in [6, 6.07) is 10.7. The largest absolute Gasteiger partial charge is 0.497 e. The zero-order valence-electron chi connectivity index (χ0n) is 16.9. The molecule has 0 saturated heterocycles. The molecule has 2 N–H and O–H groups in total. The zero-order chi connectivity index (χ0) is 21.2. The van der Waals surface area contributed by atoms with Crippen LogP contribution in [0.1, 0.15) is 43.7 Å². The molecule has 1 saturated carbocycles. The molecule has 1 aliphatic carbocycles. The molecule has 0 bridgehead atoms. The summed E-state index contributed by atoms with van der Waals surface area (Å²) in [6.07, 6.45) is 3.31. The number of primary amides is 1. The van der Waals surface area contributed by atoms with E-state index in [2.05, 4.69) is 4.98 Å². The number of benzene rings is 1. The first-order valence-corrected chi connectivity index (χ1v) is 9.72. The lowest BCUT2D eigenvalue weighted by Crippen LogP contribution is -2.55. The van der Waals surface area contributed by atoms with Crippen molar-refractivity contribution in [2.45, 2.75) is 38.0 Å². The SMILES string of the molecule is COc1ccc(C(C(N)=O)(C(C)C)C2CC(c3cccnc3)C(=O)CC2=O)cc1. The monoisotopic (exact) mass is 394 g/mol. The van der Waals surface area contributed by atoms with E-state index in [0.717, 1.165) is 5.56 Å². The van der Waals surface area contributed by atoms with Gasteiger partial charge in [-0.05, 0) is 41.7 Å². The van der Waals surface area contributed by atoms with Crippen LogP contribution < -0.4 is 10.5 Å². The van der Waals surface area contributed by atoms with Gasteiger partial charge in [0, 0.05) is 24.2 Å². The molecule has 3 atom stereocenters. The van der Waals surface area contributed by atoms with E-state index < -0.39 is 23.2 Å². The number of aromatic nitrogens is 1. The highest BCUT2D eigenvalue weighted by Gasteiger charge is 2.54. The lowest BCUT2D eigenvalue weighted by atomic mass is 9.56. The molecule has 1 fully saturated rings. The summed E-state index contributed by atoms with van der Waals surface area (Å²) in [5.74, 6) is -1.72. The molecule has 1 aromatic heterocycles. The summed E-state index contributed by atoms with van der Waals surface area (Å²) in [5, 5.41) is 0. The van der Waals surface area contributed by atoms with Crippen LogP contribution >= 0.6 is 0 Å². The van der Waals surface area contributed by atoms with Crippen LogP contribution in [0.3, 0.4) is 0 Å². The summed E-state index contributed by atoms with van der Waals surface area (Å²) < 4.78 is 5.22. The summed E-state index contributed by atoms with van der Waals surface area (Å²) >= 11 is 0. The molecule has 6 nitrogen and oxygen atoms in total. The van der Waals surface area contributed by atoms with E-state index >= 15 is 0 Å². The van der Waals surface area contributed by atoms with Gasteiger partial charge in [0.25, 0.3) is 0 Å². The highest BCUT2D eigenvalue weighted by molar-refractivity contribution is 6.08. The molecule has 2 aromatic rings. The Bertz CT molecular complexity index is 908. The second-order valence-corrected chi connectivity index (χ2v) is 7.85. The van der Waals surface area contributed by atoms with Gasteiger partial charge in [-0.2, -0.15) is 0 Å². The number of amides is 1. The fraction of sp³-hybridized carbons (Fsp3) is 0.391. The molecule has 1 amide bonds. The predicted octanol–water partition coefficient (Wildman–Crippen LogP) is 2.80. The number of methoxy groups -OCH3 is 1. The third-order valence-corrected chi connectivity index (χ3v) is 6.12. The van der Waals surface area contributed by atoms with Gasteiger partial charge in [0.05, 0.1) is 18.9 Å². The van der Waals surface area contributed by atoms with E-state index in [1.807, 2.05) is 19.9 Å². The summed E-state index contributed by atoms with van der Waals surface area (Å²) in [5.41, 5.74) is 6.17. The van der Waals surface area contributed by atoms with Crippen LogP contribution in [0.2, 0.25) is 0 Å². The van der Waals surface area contributed by atoms with E-state index in [0.29, 0.717) is 11.3 Å². The quantitative estimate of drug-likeness (QED) is 0.760. The van der Waals surface area contributed by atoms with Crippen molar-refractivity contribution < 1.29 is 19.1 Å². The number of hydrogen-bond donors (Lipinski definition) is 1. The van der Waals surface area contributed by atoms with Crippen LogP contribution in [0, 0.1) is 11.8 Å². The number of nitrogens with two attached hydrogens (primary N) is 1. The first-order chi connectivity index (χ1) is 13.8. The maximum Gasteiger partial charge on any atom is 0.229 e. The maximum atomic E-state index is 13.1. The number of pyridine rings is 1. The molecule has 6 heteroatoms. The van der Waals surface area contributed by atoms with E-state index in [9.17, 15) is 14.4 Å². The Kier molecular flexibility index (Phi) is 5.82. The van der Waals surface area contributed by atoms with Crippen molar-refractivity contribution in [3.63, 3.8) is 0 Å². The van der Waals surface area contributed by atoms with Crippen molar-refractivity contribution in [1.82, 2.24) is 4.98 Å². The number of Topliss-reactive ketones (excluding diaryl/α,β-unsaturated/α-hetero) is 2. The Morgan fingerprint density at radius 1 is 1.17 bits per heavy atom. The Morgan fingerprint density at radius 2 is 1.86 bits per heavy atom.